The summed E-state index contributed by atoms with van der Waals surface area (Å²) in [6.07, 6.45) is -1.41. The lowest BCUT2D eigenvalue weighted by molar-refractivity contribution is -0.116. The summed E-state index contributed by atoms with van der Waals surface area (Å²) in [7, 11) is 1.47. The third kappa shape index (κ3) is 2.06. The second-order valence-electron chi connectivity index (χ2n) is 5.94. The summed E-state index contributed by atoms with van der Waals surface area (Å²) in [6, 6.07) is 3.04. The molecule has 0 unspecified atom stereocenters. The van der Waals surface area contributed by atoms with Gasteiger partial charge in [-0.2, -0.15) is 0 Å². The Morgan fingerprint density at radius 1 is 1.33 bits per heavy atom. The lowest BCUT2D eigenvalue weighted by atomic mass is 9.68. The molecule has 0 bridgehead atoms. The number of carbonyl (C=O) groups is 1. The summed E-state index contributed by atoms with van der Waals surface area (Å²) >= 11 is 0. The normalized spacial score (nSPS) is 34.7. The molecule has 2 aliphatic rings. The molecule has 1 saturated carbocycles. The summed E-state index contributed by atoms with van der Waals surface area (Å²) in [6.45, 7) is 1.74. The average Bonchev–Trinajstić information content (AvgIpc) is 2.40. The van der Waals surface area contributed by atoms with E-state index in [0.717, 1.165) is 0 Å². The number of ether oxygens (including phenoxy) is 2. The monoisotopic (exact) mass is 294 g/mol. The first kappa shape index (κ1) is 14.2. The fourth-order valence-electron chi connectivity index (χ4n) is 3.41. The Bertz CT molecular complexity index is 598. The van der Waals surface area contributed by atoms with Crippen LogP contribution in [-0.4, -0.2) is 46.2 Å². The van der Waals surface area contributed by atoms with Crippen LogP contribution < -0.4 is 4.74 Å². The van der Waals surface area contributed by atoms with E-state index in [2.05, 4.69) is 0 Å². The highest BCUT2D eigenvalue weighted by atomic mass is 16.6. The number of fused-ring (bicyclic) bond motifs is 3. The van der Waals surface area contributed by atoms with Crippen molar-refractivity contribution in [3.05, 3.63) is 23.3 Å². The van der Waals surface area contributed by atoms with Gasteiger partial charge in [-0.05, 0) is 25.0 Å². The van der Waals surface area contributed by atoms with Gasteiger partial charge in [-0.1, -0.05) is 0 Å². The number of carbonyl (C=O) groups excluding carboxylic acids is 1. The molecule has 1 aromatic rings. The lowest BCUT2D eigenvalue weighted by Gasteiger charge is -2.47. The maximum Gasteiger partial charge on any atom is 0.342 e. The third-order valence-corrected chi connectivity index (χ3v) is 4.54. The lowest BCUT2D eigenvalue weighted by Crippen LogP contribution is -2.52. The number of hydrogen-bond donors (Lipinski definition) is 3. The van der Waals surface area contributed by atoms with E-state index < -0.39 is 23.8 Å². The van der Waals surface area contributed by atoms with Gasteiger partial charge in [0.2, 0.25) is 0 Å². The molecule has 1 fully saturated rings. The Morgan fingerprint density at radius 2 is 2.05 bits per heavy atom. The first-order valence-corrected chi connectivity index (χ1v) is 6.86. The molecular weight excluding hydrogens is 276 g/mol. The van der Waals surface area contributed by atoms with Gasteiger partial charge in [-0.15, -0.1) is 0 Å². The molecule has 3 rings (SSSR count). The molecule has 0 spiro atoms. The molecule has 3 N–H and O–H groups in total. The fourth-order valence-corrected chi connectivity index (χ4v) is 3.41. The molecule has 1 aliphatic heterocycles. The summed E-state index contributed by atoms with van der Waals surface area (Å²) in [4.78, 5) is 12.2. The Hall–Kier alpha value is -1.79. The van der Waals surface area contributed by atoms with Crippen molar-refractivity contribution in [3.8, 4) is 11.5 Å². The van der Waals surface area contributed by atoms with Crippen molar-refractivity contribution < 1.29 is 29.6 Å². The highest BCUT2D eigenvalue weighted by Crippen LogP contribution is 2.50. The van der Waals surface area contributed by atoms with Crippen molar-refractivity contribution in [2.75, 3.05) is 7.11 Å². The zero-order valence-corrected chi connectivity index (χ0v) is 11.9. The molecule has 4 atom stereocenters. The van der Waals surface area contributed by atoms with Gasteiger partial charge in [-0.25, -0.2) is 4.79 Å². The molecule has 21 heavy (non-hydrogen) atoms. The topological polar surface area (TPSA) is 96.2 Å². The van der Waals surface area contributed by atoms with Crippen LogP contribution in [0, 0.1) is 0 Å². The summed E-state index contributed by atoms with van der Waals surface area (Å²) in [5, 5.41) is 29.8. The van der Waals surface area contributed by atoms with Crippen LogP contribution >= 0.6 is 0 Å². The second kappa shape index (κ2) is 4.61. The molecule has 0 radical (unpaired) electrons. The smallest absolute Gasteiger partial charge is 0.342 e. The number of aliphatic hydroxyl groups excluding tert-OH is 2. The van der Waals surface area contributed by atoms with Crippen molar-refractivity contribution in [2.45, 2.75) is 43.5 Å². The zero-order chi connectivity index (χ0) is 15.4. The first-order valence-electron chi connectivity index (χ1n) is 6.86. The number of phenols is 1. The van der Waals surface area contributed by atoms with Crippen LogP contribution in [0.3, 0.4) is 0 Å². The third-order valence-electron chi connectivity index (χ3n) is 4.54. The van der Waals surface area contributed by atoms with E-state index >= 15 is 0 Å². The zero-order valence-electron chi connectivity index (χ0n) is 11.9. The predicted molar refractivity (Wildman–Crippen MR) is 72.5 cm³/mol. The minimum atomic E-state index is -0.931. The molecule has 0 saturated heterocycles. The standard InChI is InChI=1S/C15H18O6/c1-15-6-12(18)10(16)5-9(15)8-3-7(20-2)4-11(17)13(8)14(19)21-15/h3-4,9-10,12,16-18H,5-6H2,1-2H3/t9-,10-,12-,15+/m1/s1. The largest absolute Gasteiger partial charge is 0.507 e. The highest BCUT2D eigenvalue weighted by Gasteiger charge is 2.52. The molecule has 6 nitrogen and oxygen atoms in total. The van der Waals surface area contributed by atoms with E-state index in [9.17, 15) is 20.1 Å². The van der Waals surface area contributed by atoms with Crippen LogP contribution in [-0.2, 0) is 4.74 Å². The van der Waals surface area contributed by atoms with Crippen molar-refractivity contribution in [1.82, 2.24) is 0 Å². The Balaban J connectivity index is 2.15. The van der Waals surface area contributed by atoms with Gasteiger partial charge in [0.15, 0.2) is 0 Å². The summed E-state index contributed by atoms with van der Waals surface area (Å²) in [5.74, 6) is -0.682. The number of aromatic hydroxyl groups is 1. The van der Waals surface area contributed by atoms with Gasteiger partial charge < -0.3 is 24.8 Å². The Morgan fingerprint density at radius 3 is 2.71 bits per heavy atom. The van der Waals surface area contributed by atoms with Crippen molar-refractivity contribution >= 4 is 5.97 Å². The quantitative estimate of drug-likeness (QED) is 0.667. The summed E-state index contributed by atoms with van der Waals surface area (Å²) in [5.41, 5.74) is -0.194. The molecule has 1 heterocycles. The SMILES string of the molecule is COc1cc(O)c2c(c1)[C@H]1C[C@@H](O)[C@H](O)C[C@]1(C)OC2=O. The van der Waals surface area contributed by atoms with Crippen molar-refractivity contribution in [2.24, 2.45) is 0 Å². The molecule has 0 amide bonds. The maximum absolute atomic E-state index is 12.2. The number of methoxy groups -OCH3 is 1. The summed E-state index contributed by atoms with van der Waals surface area (Å²) < 4.78 is 10.6. The molecule has 1 aromatic carbocycles. The van der Waals surface area contributed by atoms with Crippen LogP contribution in [0.15, 0.2) is 12.1 Å². The van der Waals surface area contributed by atoms with E-state index in [-0.39, 0.29) is 30.1 Å². The number of esters is 1. The van der Waals surface area contributed by atoms with Crippen LogP contribution in [0.5, 0.6) is 11.5 Å². The number of aliphatic hydroxyl groups is 2. The van der Waals surface area contributed by atoms with Crippen LogP contribution in [0.25, 0.3) is 0 Å². The van der Waals surface area contributed by atoms with E-state index in [0.29, 0.717) is 11.3 Å². The molecular formula is C15H18O6. The van der Waals surface area contributed by atoms with E-state index in [4.69, 9.17) is 9.47 Å². The Kier molecular flexibility index (Phi) is 3.11. The minimum absolute atomic E-state index is 0.113. The highest BCUT2D eigenvalue weighted by molar-refractivity contribution is 5.96. The number of phenolic OH excluding ortho intramolecular Hbond substituents is 1. The Labute approximate surface area is 121 Å². The molecule has 6 heteroatoms. The molecule has 0 aromatic heterocycles. The van der Waals surface area contributed by atoms with Crippen molar-refractivity contribution in [1.29, 1.82) is 0 Å². The molecule has 1 aliphatic carbocycles. The van der Waals surface area contributed by atoms with Crippen LogP contribution in [0.2, 0.25) is 0 Å². The number of rotatable bonds is 1. The number of benzene rings is 1. The molecule has 114 valence electrons. The van der Waals surface area contributed by atoms with E-state index in [1.807, 2.05) is 0 Å². The van der Waals surface area contributed by atoms with Gasteiger partial charge in [-0.3, -0.25) is 0 Å². The van der Waals surface area contributed by atoms with Crippen molar-refractivity contribution in [3.63, 3.8) is 0 Å². The van der Waals surface area contributed by atoms with Gasteiger partial charge in [0.1, 0.15) is 22.7 Å². The predicted octanol–water partition coefficient (Wildman–Crippen LogP) is 0.929. The fraction of sp³-hybridized carbons (Fsp3) is 0.533. The average molecular weight is 294 g/mol. The van der Waals surface area contributed by atoms with Gasteiger partial charge >= 0.3 is 5.97 Å². The van der Waals surface area contributed by atoms with E-state index in [1.165, 1.54) is 13.2 Å². The minimum Gasteiger partial charge on any atom is -0.507 e. The van der Waals surface area contributed by atoms with Gasteiger partial charge in [0.25, 0.3) is 0 Å². The maximum atomic E-state index is 12.2. The second-order valence-corrected chi connectivity index (χ2v) is 5.94. The first-order chi connectivity index (χ1) is 9.85. The van der Waals surface area contributed by atoms with Crippen LogP contribution in [0.4, 0.5) is 0 Å². The van der Waals surface area contributed by atoms with Gasteiger partial charge in [0, 0.05) is 18.4 Å². The van der Waals surface area contributed by atoms with Gasteiger partial charge in [0.05, 0.1) is 19.3 Å². The number of hydrogen-bond acceptors (Lipinski definition) is 6. The van der Waals surface area contributed by atoms with Crippen LogP contribution in [0.1, 0.15) is 41.6 Å². The van der Waals surface area contributed by atoms with E-state index in [1.54, 1.807) is 13.0 Å².